The van der Waals surface area contributed by atoms with Crippen LogP contribution >= 0.6 is 0 Å². The Morgan fingerprint density at radius 3 is 3.00 bits per heavy atom. The van der Waals surface area contributed by atoms with Gasteiger partial charge in [-0.05, 0) is 18.6 Å². The molecule has 21 heavy (non-hydrogen) atoms. The monoisotopic (exact) mass is 287 g/mol. The van der Waals surface area contributed by atoms with Gasteiger partial charge in [0.25, 0.3) is 0 Å². The maximum Gasteiger partial charge on any atom is 0.244 e. The van der Waals surface area contributed by atoms with Gasteiger partial charge >= 0.3 is 0 Å². The second-order valence-corrected chi connectivity index (χ2v) is 4.81. The summed E-state index contributed by atoms with van der Waals surface area (Å²) in [5.74, 6) is 0.324. The molecule has 1 atom stereocenters. The summed E-state index contributed by atoms with van der Waals surface area (Å²) in [5.41, 5.74) is 8.02. The summed E-state index contributed by atoms with van der Waals surface area (Å²) in [6.45, 7) is 1.70. The largest absolute Gasteiger partial charge is 0.348 e. The van der Waals surface area contributed by atoms with Crippen molar-refractivity contribution < 1.29 is 8.91 Å². The van der Waals surface area contributed by atoms with E-state index in [1.54, 1.807) is 31.6 Å². The summed E-state index contributed by atoms with van der Waals surface area (Å²) in [6, 6.07) is 4.35. The third kappa shape index (κ3) is 2.82. The van der Waals surface area contributed by atoms with Crippen molar-refractivity contribution >= 4 is 0 Å². The third-order valence-electron chi connectivity index (χ3n) is 3.18. The highest BCUT2D eigenvalue weighted by Gasteiger charge is 2.17. The number of H-pyrrole nitrogens is 1. The van der Waals surface area contributed by atoms with Crippen LogP contribution in [0.15, 0.2) is 35.2 Å². The van der Waals surface area contributed by atoms with Gasteiger partial charge in [-0.2, -0.15) is 4.98 Å². The number of aromatic nitrogens is 4. The summed E-state index contributed by atoms with van der Waals surface area (Å²) in [4.78, 5) is 11.1. The Morgan fingerprint density at radius 2 is 2.29 bits per heavy atom. The van der Waals surface area contributed by atoms with Gasteiger partial charge in [0.05, 0.1) is 12.4 Å². The lowest BCUT2D eigenvalue weighted by Crippen LogP contribution is -2.14. The molecular formula is C14H14FN5O. The van der Waals surface area contributed by atoms with Gasteiger partial charge in [0.2, 0.25) is 11.7 Å². The van der Waals surface area contributed by atoms with Crippen molar-refractivity contribution in [2.75, 3.05) is 0 Å². The van der Waals surface area contributed by atoms with Crippen LogP contribution in [0.5, 0.6) is 0 Å². The molecule has 0 fully saturated rings. The molecule has 108 valence electrons. The highest BCUT2D eigenvalue weighted by atomic mass is 19.1. The average molecular weight is 287 g/mol. The molecule has 0 aliphatic carbocycles. The Bertz CT molecular complexity index is 738. The van der Waals surface area contributed by atoms with E-state index < -0.39 is 6.04 Å². The Morgan fingerprint density at radius 1 is 1.43 bits per heavy atom. The molecule has 3 rings (SSSR count). The van der Waals surface area contributed by atoms with Crippen LogP contribution in [-0.2, 0) is 6.42 Å². The number of nitrogens with zero attached hydrogens (tertiary/aromatic N) is 3. The molecule has 0 bridgehead atoms. The van der Waals surface area contributed by atoms with Crippen LogP contribution in [0.2, 0.25) is 0 Å². The number of aromatic amines is 1. The second-order valence-electron chi connectivity index (χ2n) is 4.81. The number of nitrogens with two attached hydrogens (primary N) is 1. The fourth-order valence-electron chi connectivity index (χ4n) is 1.96. The van der Waals surface area contributed by atoms with Gasteiger partial charge in [0.1, 0.15) is 5.82 Å². The molecule has 6 nitrogen and oxygen atoms in total. The lowest BCUT2D eigenvalue weighted by atomic mass is 10.1. The second kappa shape index (κ2) is 5.45. The number of imidazole rings is 1. The normalized spacial score (nSPS) is 12.5. The van der Waals surface area contributed by atoms with E-state index >= 15 is 0 Å². The fourth-order valence-corrected chi connectivity index (χ4v) is 1.96. The van der Waals surface area contributed by atoms with Gasteiger partial charge in [-0.1, -0.05) is 17.3 Å². The predicted molar refractivity (Wildman–Crippen MR) is 73.6 cm³/mol. The summed E-state index contributed by atoms with van der Waals surface area (Å²) in [5, 5.41) is 3.85. The molecule has 3 aromatic rings. The molecule has 0 aliphatic rings. The van der Waals surface area contributed by atoms with Gasteiger partial charge in [0.15, 0.2) is 0 Å². The lowest BCUT2D eigenvalue weighted by molar-refractivity contribution is 0.354. The van der Waals surface area contributed by atoms with Gasteiger partial charge in [0, 0.05) is 23.9 Å². The van der Waals surface area contributed by atoms with Crippen molar-refractivity contribution in [1.82, 2.24) is 20.1 Å². The first-order valence-corrected chi connectivity index (χ1v) is 6.46. The van der Waals surface area contributed by atoms with Gasteiger partial charge in [-0.3, -0.25) is 0 Å². The van der Waals surface area contributed by atoms with E-state index in [2.05, 4.69) is 20.1 Å². The molecule has 0 aliphatic heterocycles. The number of benzene rings is 1. The summed E-state index contributed by atoms with van der Waals surface area (Å²) in [7, 11) is 0. The minimum absolute atomic E-state index is 0.305. The fraction of sp³-hybridized carbons (Fsp3) is 0.214. The van der Waals surface area contributed by atoms with Crippen LogP contribution in [0.25, 0.3) is 11.4 Å². The number of hydrogen-bond donors (Lipinski definition) is 2. The van der Waals surface area contributed by atoms with E-state index in [9.17, 15) is 4.39 Å². The highest BCUT2D eigenvalue weighted by Crippen LogP contribution is 2.21. The van der Waals surface area contributed by atoms with E-state index in [0.29, 0.717) is 29.3 Å². The van der Waals surface area contributed by atoms with Crippen LogP contribution in [0.3, 0.4) is 0 Å². The van der Waals surface area contributed by atoms with Crippen LogP contribution in [0.4, 0.5) is 4.39 Å². The minimum Gasteiger partial charge on any atom is -0.348 e. The number of rotatable bonds is 4. The zero-order valence-electron chi connectivity index (χ0n) is 11.4. The van der Waals surface area contributed by atoms with Crippen molar-refractivity contribution in [2.45, 2.75) is 19.4 Å². The Labute approximate surface area is 120 Å². The smallest absolute Gasteiger partial charge is 0.244 e. The van der Waals surface area contributed by atoms with Crippen LogP contribution in [-0.4, -0.2) is 20.1 Å². The van der Waals surface area contributed by atoms with Crippen LogP contribution in [0.1, 0.15) is 23.2 Å². The standard InChI is InChI=1S/C14H14FN5O/c1-8-2-3-9(4-11(8)15)13-19-14(21-20-13)12(16)5-10-6-17-7-18-10/h2-4,6-7,12H,5,16H2,1H3,(H,17,18)/t12-/m1/s1. The van der Waals surface area contributed by atoms with E-state index in [-0.39, 0.29) is 5.82 Å². The van der Waals surface area contributed by atoms with Gasteiger partial charge < -0.3 is 15.2 Å². The Hall–Kier alpha value is -2.54. The average Bonchev–Trinajstić information content (AvgIpc) is 3.12. The van der Waals surface area contributed by atoms with Crippen molar-refractivity contribution in [3.63, 3.8) is 0 Å². The summed E-state index contributed by atoms with van der Waals surface area (Å²) < 4.78 is 18.7. The molecule has 3 N–H and O–H groups in total. The van der Waals surface area contributed by atoms with Gasteiger partial charge in [-0.25, -0.2) is 9.37 Å². The zero-order valence-corrected chi connectivity index (χ0v) is 11.4. The van der Waals surface area contributed by atoms with Crippen molar-refractivity contribution in [1.29, 1.82) is 0 Å². The molecule has 0 spiro atoms. The molecule has 2 heterocycles. The van der Waals surface area contributed by atoms with Crippen molar-refractivity contribution in [3.05, 3.63) is 53.7 Å². The minimum atomic E-state index is -0.443. The number of hydrogen-bond acceptors (Lipinski definition) is 5. The molecule has 0 saturated heterocycles. The molecule has 0 radical (unpaired) electrons. The third-order valence-corrected chi connectivity index (χ3v) is 3.18. The van der Waals surface area contributed by atoms with Crippen LogP contribution in [0, 0.1) is 12.7 Å². The molecule has 1 aromatic carbocycles. The number of halogens is 1. The SMILES string of the molecule is Cc1ccc(-c2noc([C@H](N)Cc3cnc[nH]3)n2)cc1F. The molecule has 7 heteroatoms. The first-order chi connectivity index (χ1) is 10.1. The number of nitrogens with one attached hydrogen (secondary N) is 1. The molecule has 0 saturated carbocycles. The highest BCUT2D eigenvalue weighted by molar-refractivity contribution is 5.55. The topological polar surface area (TPSA) is 93.6 Å². The first kappa shape index (κ1) is 13.4. The molecule has 0 amide bonds. The predicted octanol–water partition coefficient (Wildman–Crippen LogP) is 2.15. The lowest BCUT2D eigenvalue weighted by Gasteiger charge is -2.03. The maximum atomic E-state index is 13.6. The van der Waals surface area contributed by atoms with E-state index in [1.165, 1.54) is 6.07 Å². The molecular weight excluding hydrogens is 273 g/mol. The summed E-state index contributed by atoms with van der Waals surface area (Å²) in [6.07, 6.45) is 3.77. The van der Waals surface area contributed by atoms with E-state index in [4.69, 9.17) is 10.3 Å². The van der Waals surface area contributed by atoms with E-state index in [0.717, 1.165) is 5.69 Å². The molecule has 0 unspecified atom stereocenters. The maximum absolute atomic E-state index is 13.6. The number of aryl methyl sites for hydroxylation is 1. The summed E-state index contributed by atoms with van der Waals surface area (Å²) >= 11 is 0. The van der Waals surface area contributed by atoms with E-state index in [1.807, 2.05) is 0 Å². The van der Waals surface area contributed by atoms with Crippen molar-refractivity contribution in [2.24, 2.45) is 5.73 Å². The zero-order chi connectivity index (χ0) is 14.8. The first-order valence-electron chi connectivity index (χ1n) is 6.46. The van der Waals surface area contributed by atoms with Gasteiger partial charge in [-0.15, -0.1) is 0 Å². The van der Waals surface area contributed by atoms with Crippen molar-refractivity contribution in [3.8, 4) is 11.4 Å². The quantitative estimate of drug-likeness (QED) is 0.766. The Balaban J connectivity index is 1.80. The molecule has 2 aromatic heterocycles. The van der Waals surface area contributed by atoms with Crippen LogP contribution < -0.4 is 5.73 Å². The Kier molecular flexibility index (Phi) is 3.49.